The van der Waals surface area contributed by atoms with Crippen LogP contribution in [0.25, 0.3) is 0 Å². The van der Waals surface area contributed by atoms with E-state index in [-0.39, 0.29) is 0 Å². The van der Waals surface area contributed by atoms with E-state index in [2.05, 4.69) is 24.2 Å². The molecule has 0 amide bonds. The molecule has 1 saturated heterocycles. The summed E-state index contributed by atoms with van der Waals surface area (Å²) in [4.78, 5) is 2.58. The summed E-state index contributed by atoms with van der Waals surface area (Å²) in [5.74, 6) is 0.861. The van der Waals surface area contributed by atoms with Gasteiger partial charge in [0.2, 0.25) is 0 Å². The van der Waals surface area contributed by atoms with E-state index in [1.165, 1.54) is 58.0 Å². The van der Waals surface area contributed by atoms with E-state index in [0.29, 0.717) is 18.1 Å². The maximum Gasteiger partial charge on any atom is 0.0586 e. The van der Waals surface area contributed by atoms with Gasteiger partial charge in [0.1, 0.15) is 0 Å². The molecular formula is C16H32N2O. The second kappa shape index (κ2) is 7.05. The normalized spacial score (nSPS) is 37.4. The summed E-state index contributed by atoms with van der Waals surface area (Å²) in [6.07, 6.45) is 9.26. The first-order chi connectivity index (χ1) is 9.19. The van der Waals surface area contributed by atoms with Gasteiger partial charge in [0, 0.05) is 19.1 Å². The van der Waals surface area contributed by atoms with Crippen LogP contribution in [0.15, 0.2) is 0 Å². The molecular weight excluding hydrogens is 236 g/mol. The largest absolute Gasteiger partial charge is 0.395 e. The van der Waals surface area contributed by atoms with Crippen molar-refractivity contribution in [1.29, 1.82) is 0 Å². The number of aliphatic hydroxyl groups is 1. The zero-order chi connectivity index (χ0) is 13.7. The van der Waals surface area contributed by atoms with Gasteiger partial charge in [-0.2, -0.15) is 0 Å². The molecule has 112 valence electrons. The molecule has 0 radical (unpaired) electrons. The maximum atomic E-state index is 9.60. The summed E-state index contributed by atoms with van der Waals surface area (Å²) < 4.78 is 0. The molecule has 2 N–H and O–H groups in total. The van der Waals surface area contributed by atoms with Crippen LogP contribution in [0.1, 0.15) is 51.9 Å². The molecule has 19 heavy (non-hydrogen) atoms. The minimum Gasteiger partial charge on any atom is -0.395 e. The summed E-state index contributed by atoms with van der Waals surface area (Å²) >= 11 is 0. The van der Waals surface area contributed by atoms with Gasteiger partial charge in [-0.05, 0) is 50.6 Å². The monoisotopic (exact) mass is 268 g/mol. The number of likely N-dealkylation sites (tertiary alicyclic amines) is 1. The van der Waals surface area contributed by atoms with Gasteiger partial charge in [0.25, 0.3) is 0 Å². The average Bonchev–Trinajstić information content (AvgIpc) is 2.39. The first-order valence-electron chi connectivity index (χ1n) is 8.18. The Hall–Kier alpha value is -0.120. The van der Waals surface area contributed by atoms with Crippen molar-refractivity contribution >= 4 is 0 Å². The molecule has 2 rings (SSSR count). The van der Waals surface area contributed by atoms with Crippen molar-refractivity contribution in [2.75, 3.05) is 33.3 Å². The van der Waals surface area contributed by atoms with E-state index in [1.807, 2.05) is 0 Å². The van der Waals surface area contributed by atoms with Crippen LogP contribution in [0.3, 0.4) is 0 Å². The molecule has 1 heterocycles. The number of hydrogen-bond donors (Lipinski definition) is 2. The molecule has 0 aromatic rings. The van der Waals surface area contributed by atoms with Gasteiger partial charge in [-0.3, -0.25) is 4.90 Å². The average molecular weight is 268 g/mol. The second-order valence-corrected chi connectivity index (χ2v) is 7.03. The summed E-state index contributed by atoms with van der Waals surface area (Å²) in [6, 6.07) is 0.416. The zero-order valence-corrected chi connectivity index (χ0v) is 12.8. The predicted molar refractivity (Wildman–Crippen MR) is 80.3 cm³/mol. The molecule has 3 nitrogen and oxygen atoms in total. The SMILES string of the molecule is CNCC1(CN2CCCCC2CO)CCCC(C)C1. The second-order valence-electron chi connectivity index (χ2n) is 7.03. The van der Waals surface area contributed by atoms with E-state index in [1.54, 1.807) is 0 Å². The summed E-state index contributed by atoms with van der Waals surface area (Å²) in [6.45, 7) is 6.24. The smallest absolute Gasteiger partial charge is 0.0586 e. The van der Waals surface area contributed by atoms with Crippen LogP contribution >= 0.6 is 0 Å². The standard InChI is InChI=1S/C16H32N2O/c1-14-6-5-8-16(10-14,12-17-2)13-18-9-4-3-7-15(18)11-19/h14-15,17,19H,3-13H2,1-2H3. The van der Waals surface area contributed by atoms with Gasteiger partial charge in [0.15, 0.2) is 0 Å². The number of nitrogens with one attached hydrogen (secondary N) is 1. The molecule has 1 aliphatic heterocycles. The van der Waals surface area contributed by atoms with Gasteiger partial charge >= 0.3 is 0 Å². The van der Waals surface area contributed by atoms with Crippen LogP contribution in [0.2, 0.25) is 0 Å². The Kier molecular flexibility index (Phi) is 5.67. The molecule has 1 saturated carbocycles. The number of nitrogens with zero attached hydrogens (tertiary/aromatic N) is 1. The van der Waals surface area contributed by atoms with Crippen molar-refractivity contribution < 1.29 is 5.11 Å². The van der Waals surface area contributed by atoms with E-state index in [9.17, 15) is 5.11 Å². The van der Waals surface area contributed by atoms with Crippen molar-refractivity contribution in [2.24, 2.45) is 11.3 Å². The Morgan fingerprint density at radius 2 is 2.11 bits per heavy atom. The van der Waals surface area contributed by atoms with Crippen molar-refractivity contribution in [3.05, 3.63) is 0 Å². The van der Waals surface area contributed by atoms with Crippen LogP contribution in [-0.2, 0) is 0 Å². The van der Waals surface area contributed by atoms with Gasteiger partial charge < -0.3 is 10.4 Å². The van der Waals surface area contributed by atoms with Crippen LogP contribution in [0.5, 0.6) is 0 Å². The highest BCUT2D eigenvalue weighted by Crippen LogP contribution is 2.40. The third-order valence-electron chi connectivity index (χ3n) is 5.24. The highest BCUT2D eigenvalue weighted by molar-refractivity contribution is 4.91. The van der Waals surface area contributed by atoms with Gasteiger partial charge in [-0.25, -0.2) is 0 Å². The fraction of sp³-hybridized carbons (Fsp3) is 1.00. The molecule has 0 spiro atoms. The number of hydrogen-bond acceptors (Lipinski definition) is 3. The Balaban J connectivity index is 2.02. The minimum atomic E-state index is 0.338. The quantitative estimate of drug-likeness (QED) is 0.803. The Bertz CT molecular complexity index is 267. The minimum absolute atomic E-state index is 0.338. The highest BCUT2D eigenvalue weighted by Gasteiger charge is 2.37. The Labute approximate surface area is 118 Å². The molecule has 0 aromatic heterocycles. The van der Waals surface area contributed by atoms with Crippen molar-refractivity contribution in [3.8, 4) is 0 Å². The molecule has 3 unspecified atom stereocenters. The molecule has 2 aliphatic rings. The lowest BCUT2D eigenvalue weighted by molar-refractivity contribution is 0.0226. The first-order valence-corrected chi connectivity index (χ1v) is 8.18. The lowest BCUT2D eigenvalue weighted by Crippen LogP contribution is -2.51. The fourth-order valence-corrected chi connectivity index (χ4v) is 4.41. The predicted octanol–water partition coefficient (Wildman–Crippen LogP) is 2.25. The van der Waals surface area contributed by atoms with E-state index in [0.717, 1.165) is 12.5 Å². The van der Waals surface area contributed by atoms with E-state index >= 15 is 0 Å². The van der Waals surface area contributed by atoms with E-state index in [4.69, 9.17) is 0 Å². The summed E-state index contributed by atoms with van der Waals surface area (Å²) in [7, 11) is 2.08. The molecule has 3 atom stereocenters. The van der Waals surface area contributed by atoms with E-state index < -0.39 is 0 Å². The third-order valence-corrected chi connectivity index (χ3v) is 5.24. The Morgan fingerprint density at radius 3 is 2.79 bits per heavy atom. The van der Waals surface area contributed by atoms with Crippen LogP contribution in [-0.4, -0.2) is 49.3 Å². The van der Waals surface area contributed by atoms with Crippen LogP contribution in [0, 0.1) is 11.3 Å². The first kappa shape index (κ1) is 15.3. The van der Waals surface area contributed by atoms with Crippen LogP contribution < -0.4 is 5.32 Å². The molecule has 0 bridgehead atoms. The van der Waals surface area contributed by atoms with Crippen molar-refractivity contribution in [1.82, 2.24) is 10.2 Å². The zero-order valence-electron chi connectivity index (χ0n) is 12.8. The van der Waals surface area contributed by atoms with Crippen LogP contribution in [0.4, 0.5) is 0 Å². The summed E-state index contributed by atoms with van der Waals surface area (Å²) in [5.41, 5.74) is 0.442. The molecule has 2 fully saturated rings. The molecule has 0 aromatic carbocycles. The lowest BCUT2D eigenvalue weighted by Gasteiger charge is -2.46. The number of aliphatic hydroxyl groups excluding tert-OH is 1. The summed E-state index contributed by atoms with van der Waals surface area (Å²) in [5, 5.41) is 13.0. The third kappa shape index (κ3) is 3.93. The molecule has 1 aliphatic carbocycles. The van der Waals surface area contributed by atoms with Crippen molar-refractivity contribution in [2.45, 2.75) is 57.9 Å². The van der Waals surface area contributed by atoms with Crippen molar-refractivity contribution in [3.63, 3.8) is 0 Å². The van der Waals surface area contributed by atoms with Gasteiger partial charge in [-0.15, -0.1) is 0 Å². The number of rotatable bonds is 5. The molecule has 3 heteroatoms. The lowest BCUT2D eigenvalue weighted by atomic mass is 9.69. The topological polar surface area (TPSA) is 35.5 Å². The van der Waals surface area contributed by atoms with Gasteiger partial charge in [-0.1, -0.05) is 26.2 Å². The Morgan fingerprint density at radius 1 is 1.26 bits per heavy atom. The fourth-order valence-electron chi connectivity index (χ4n) is 4.41. The number of piperidine rings is 1. The highest BCUT2D eigenvalue weighted by atomic mass is 16.3. The maximum absolute atomic E-state index is 9.60. The van der Waals surface area contributed by atoms with Gasteiger partial charge in [0.05, 0.1) is 6.61 Å².